The fourth-order valence-corrected chi connectivity index (χ4v) is 2.30. The summed E-state index contributed by atoms with van der Waals surface area (Å²) < 4.78 is 16.7. The van der Waals surface area contributed by atoms with Crippen molar-refractivity contribution in [3.8, 4) is 0 Å². The Morgan fingerprint density at radius 2 is 2.05 bits per heavy atom. The van der Waals surface area contributed by atoms with Crippen LogP contribution >= 0.6 is 0 Å². The van der Waals surface area contributed by atoms with Gasteiger partial charge >= 0.3 is 0 Å². The fraction of sp³-hybridized carbons (Fsp3) is 0.833. The van der Waals surface area contributed by atoms with Crippen LogP contribution in [0.3, 0.4) is 0 Å². The minimum absolute atomic E-state index is 0.232. The Bertz CT molecular complexity index is 327. The summed E-state index contributed by atoms with van der Waals surface area (Å²) in [5.41, 5.74) is 11.4. The van der Waals surface area contributed by atoms with Crippen LogP contribution < -0.4 is 11.5 Å². The molecule has 2 heterocycles. The molecule has 0 radical (unpaired) electrons. The summed E-state index contributed by atoms with van der Waals surface area (Å²) in [5, 5.41) is 19.2. The van der Waals surface area contributed by atoms with Crippen LogP contribution in [0.1, 0.15) is 6.92 Å². The summed E-state index contributed by atoms with van der Waals surface area (Å²) in [4.78, 5) is 0. The maximum Gasteiger partial charge on any atom is 0.177 e. The number of nitrogens with two attached hydrogens (primary N) is 2. The largest absolute Gasteiger partial charge is 0.394 e. The first-order chi connectivity index (χ1) is 9.06. The van der Waals surface area contributed by atoms with E-state index in [1.807, 2.05) is 0 Å². The molecule has 0 amide bonds. The van der Waals surface area contributed by atoms with E-state index in [9.17, 15) is 10.2 Å². The summed E-state index contributed by atoms with van der Waals surface area (Å²) in [6, 6.07) is -0.440. The molecule has 6 N–H and O–H groups in total. The summed E-state index contributed by atoms with van der Waals surface area (Å²) in [5.74, 6) is 0. The number of hydrogen-bond acceptors (Lipinski definition) is 7. The van der Waals surface area contributed by atoms with E-state index in [0.29, 0.717) is 6.54 Å². The molecule has 0 unspecified atom stereocenters. The Balaban J connectivity index is 2.01. The summed E-state index contributed by atoms with van der Waals surface area (Å²) in [6.07, 6.45) is 0.126. The topological polar surface area (TPSA) is 120 Å². The minimum Gasteiger partial charge on any atom is -0.394 e. The van der Waals surface area contributed by atoms with E-state index in [0.717, 1.165) is 0 Å². The summed E-state index contributed by atoms with van der Waals surface area (Å²) in [6.45, 7) is 1.82. The lowest BCUT2D eigenvalue weighted by molar-refractivity contribution is -0.214. The van der Waals surface area contributed by atoms with Crippen molar-refractivity contribution in [3.63, 3.8) is 0 Å². The van der Waals surface area contributed by atoms with E-state index in [1.54, 1.807) is 19.1 Å². The predicted octanol–water partition coefficient (Wildman–Crippen LogP) is -1.92. The maximum absolute atomic E-state index is 10.00. The predicted molar refractivity (Wildman–Crippen MR) is 67.1 cm³/mol. The van der Waals surface area contributed by atoms with Crippen molar-refractivity contribution in [1.82, 2.24) is 0 Å². The molecule has 19 heavy (non-hydrogen) atoms. The Kier molecular flexibility index (Phi) is 4.91. The molecule has 0 spiro atoms. The molecule has 7 nitrogen and oxygen atoms in total. The van der Waals surface area contributed by atoms with Crippen LogP contribution in [0, 0.1) is 0 Å². The maximum atomic E-state index is 10.00. The van der Waals surface area contributed by atoms with Crippen molar-refractivity contribution in [2.24, 2.45) is 11.5 Å². The average Bonchev–Trinajstić information content (AvgIpc) is 2.68. The van der Waals surface area contributed by atoms with Crippen LogP contribution in [0.5, 0.6) is 0 Å². The SMILES string of the molecule is C[C@@H]1O[C@H](CO)[C@@H](O[C@H]2O[C@@H](CN)C=C[C@H]2N)[C@H]1O. The van der Waals surface area contributed by atoms with E-state index >= 15 is 0 Å². The number of rotatable bonds is 4. The van der Waals surface area contributed by atoms with Crippen LogP contribution in [-0.4, -0.2) is 66.2 Å². The first-order valence-corrected chi connectivity index (χ1v) is 6.46. The molecule has 7 heteroatoms. The van der Waals surface area contributed by atoms with Gasteiger partial charge in [-0.1, -0.05) is 12.2 Å². The van der Waals surface area contributed by atoms with Crippen molar-refractivity contribution in [1.29, 1.82) is 0 Å². The second kappa shape index (κ2) is 6.27. The lowest BCUT2D eigenvalue weighted by Crippen LogP contribution is -2.49. The molecule has 0 aromatic rings. The molecule has 0 saturated carbocycles. The molecule has 7 atom stereocenters. The van der Waals surface area contributed by atoms with Crippen molar-refractivity contribution in [3.05, 3.63) is 12.2 Å². The van der Waals surface area contributed by atoms with Gasteiger partial charge in [0, 0.05) is 6.54 Å². The van der Waals surface area contributed by atoms with Gasteiger partial charge in [0.05, 0.1) is 24.9 Å². The molecule has 110 valence electrons. The Morgan fingerprint density at radius 1 is 1.32 bits per heavy atom. The Morgan fingerprint density at radius 3 is 2.68 bits per heavy atom. The number of aliphatic hydroxyl groups is 2. The van der Waals surface area contributed by atoms with Gasteiger partial charge in [-0.3, -0.25) is 0 Å². The quantitative estimate of drug-likeness (QED) is 0.441. The highest BCUT2D eigenvalue weighted by atomic mass is 16.7. The summed E-state index contributed by atoms with van der Waals surface area (Å²) in [7, 11) is 0. The molecule has 0 aromatic heterocycles. The molecule has 2 aliphatic rings. The molecule has 1 saturated heterocycles. The number of ether oxygens (including phenoxy) is 3. The molecule has 0 aromatic carbocycles. The molecule has 1 fully saturated rings. The van der Waals surface area contributed by atoms with Crippen molar-refractivity contribution < 1.29 is 24.4 Å². The van der Waals surface area contributed by atoms with Crippen molar-refractivity contribution in [2.45, 2.75) is 49.8 Å². The monoisotopic (exact) mass is 274 g/mol. The van der Waals surface area contributed by atoms with Crippen molar-refractivity contribution in [2.75, 3.05) is 13.2 Å². The molecular formula is C12H22N2O5. The lowest BCUT2D eigenvalue weighted by atomic mass is 10.1. The van der Waals surface area contributed by atoms with Crippen LogP contribution in [0.25, 0.3) is 0 Å². The van der Waals surface area contributed by atoms with Gasteiger partial charge in [-0.15, -0.1) is 0 Å². The highest BCUT2D eigenvalue weighted by molar-refractivity contribution is 5.03. The van der Waals surface area contributed by atoms with Crippen LogP contribution in [0.4, 0.5) is 0 Å². The molecule has 0 aliphatic carbocycles. The highest BCUT2D eigenvalue weighted by Gasteiger charge is 2.44. The van der Waals surface area contributed by atoms with E-state index < -0.39 is 36.7 Å². The Hall–Kier alpha value is -0.540. The average molecular weight is 274 g/mol. The third-order valence-electron chi connectivity index (χ3n) is 3.45. The first-order valence-electron chi connectivity index (χ1n) is 6.46. The molecule has 0 bridgehead atoms. The van der Waals surface area contributed by atoms with Gasteiger partial charge in [0.2, 0.25) is 0 Å². The number of aliphatic hydroxyl groups excluding tert-OH is 2. The standard InChI is InChI=1S/C12H22N2O5/c1-6-10(16)11(9(5-15)17-6)19-12-8(14)3-2-7(4-13)18-12/h2-3,6-12,15-16H,4-5,13-14H2,1H3/t6-,7+,8+,9+,10-,11+,12+/m0/s1. The van der Waals surface area contributed by atoms with Gasteiger partial charge in [-0.2, -0.15) is 0 Å². The minimum atomic E-state index is -0.824. The molecular weight excluding hydrogens is 252 g/mol. The van der Waals surface area contributed by atoms with Gasteiger partial charge in [-0.05, 0) is 6.92 Å². The van der Waals surface area contributed by atoms with E-state index in [-0.39, 0.29) is 12.7 Å². The second-order valence-corrected chi connectivity index (χ2v) is 4.89. The van der Waals surface area contributed by atoms with Gasteiger partial charge in [0.1, 0.15) is 18.3 Å². The first kappa shape index (κ1) is 14.9. The van der Waals surface area contributed by atoms with Crippen LogP contribution in [0.2, 0.25) is 0 Å². The number of hydrogen-bond donors (Lipinski definition) is 4. The fourth-order valence-electron chi connectivity index (χ4n) is 2.30. The van der Waals surface area contributed by atoms with Crippen LogP contribution in [0.15, 0.2) is 12.2 Å². The van der Waals surface area contributed by atoms with Gasteiger partial charge < -0.3 is 35.9 Å². The van der Waals surface area contributed by atoms with E-state index in [1.165, 1.54) is 0 Å². The molecule has 2 rings (SSSR count). The van der Waals surface area contributed by atoms with Gasteiger partial charge in [0.25, 0.3) is 0 Å². The highest BCUT2D eigenvalue weighted by Crippen LogP contribution is 2.26. The second-order valence-electron chi connectivity index (χ2n) is 4.89. The third kappa shape index (κ3) is 3.14. The van der Waals surface area contributed by atoms with Crippen LogP contribution in [-0.2, 0) is 14.2 Å². The lowest BCUT2D eigenvalue weighted by Gasteiger charge is -2.33. The van der Waals surface area contributed by atoms with E-state index in [4.69, 9.17) is 25.7 Å². The summed E-state index contributed by atoms with van der Waals surface area (Å²) >= 11 is 0. The smallest absolute Gasteiger partial charge is 0.177 e. The normalized spacial score (nSPS) is 46.7. The van der Waals surface area contributed by atoms with Crippen molar-refractivity contribution >= 4 is 0 Å². The van der Waals surface area contributed by atoms with E-state index in [2.05, 4.69) is 0 Å². The van der Waals surface area contributed by atoms with Gasteiger partial charge in [-0.25, -0.2) is 0 Å². The van der Waals surface area contributed by atoms with Gasteiger partial charge in [0.15, 0.2) is 6.29 Å². The zero-order valence-electron chi connectivity index (χ0n) is 10.9. The Labute approximate surface area is 112 Å². The zero-order chi connectivity index (χ0) is 14.0. The third-order valence-corrected chi connectivity index (χ3v) is 3.45. The molecule has 2 aliphatic heterocycles. The zero-order valence-corrected chi connectivity index (χ0v) is 10.9.